The molecule has 0 fully saturated rings. The van der Waals surface area contributed by atoms with Crippen LogP contribution in [0.4, 0.5) is 19.0 Å². The van der Waals surface area contributed by atoms with Crippen LogP contribution in [0.1, 0.15) is 43.9 Å². The SMILES string of the molecule is Cc1cc2c(N)nccc2c(C)c1CNC(=O)c1cn(Cc2ccc(Cn3cccn3)cc2)nc1C(F)(F)F. The molecule has 0 atom stereocenters. The Morgan fingerprint density at radius 2 is 1.69 bits per heavy atom. The number of carbonyl (C=O) groups excluding carboxylic acids is 1. The molecule has 200 valence electrons. The third-order valence-corrected chi connectivity index (χ3v) is 6.69. The molecule has 0 saturated carbocycles. The van der Waals surface area contributed by atoms with Crippen LogP contribution in [-0.4, -0.2) is 30.5 Å². The standard InChI is InChI=1S/C28H26F3N7O/c1-17-12-22-21(8-10-33-26(22)32)18(2)23(17)13-34-27(39)24-16-38(36-25(24)28(29,30)31)15-20-6-4-19(5-7-20)14-37-11-3-9-35-37/h3-12,16H,13-15H2,1-2H3,(H2,32,33)(H,34,39). The molecule has 5 rings (SSSR count). The molecule has 5 aromatic rings. The summed E-state index contributed by atoms with van der Waals surface area (Å²) in [5.74, 6) is -0.458. The maximum absolute atomic E-state index is 13.8. The van der Waals surface area contributed by atoms with Gasteiger partial charge in [0.1, 0.15) is 5.82 Å². The average Bonchev–Trinajstić information content (AvgIpc) is 3.56. The molecular weight excluding hydrogens is 507 g/mol. The molecule has 3 heterocycles. The van der Waals surface area contributed by atoms with Crippen molar-refractivity contribution in [2.75, 3.05) is 5.73 Å². The van der Waals surface area contributed by atoms with Crippen LogP contribution in [0.3, 0.4) is 0 Å². The highest BCUT2D eigenvalue weighted by Crippen LogP contribution is 2.31. The minimum Gasteiger partial charge on any atom is -0.383 e. The van der Waals surface area contributed by atoms with Crippen LogP contribution in [0, 0.1) is 13.8 Å². The van der Waals surface area contributed by atoms with Gasteiger partial charge in [0, 0.05) is 36.7 Å². The zero-order valence-electron chi connectivity index (χ0n) is 21.3. The number of hydrogen-bond acceptors (Lipinski definition) is 5. The van der Waals surface area contributed by atoms with Crippen molar-refractivity contribution in [1.29, 1.82) is 0 Å². The van der Waals surface area contributed by atoms with Gasteiger partial charge in [-0.15, -0.1) is 0 Å². The minimum absolute atomic E-state index is 0.0505. The second-order valence-electron chi connectivity index (χ2n) is 9.38. The number of amides is 1. The fraction of sp³-hybridized carbons (Fsp3) is 0.214. The zero-order valence-corrected chi connectivity index (χ0v) is 21.3. The molecule has 0 bridgehead atoms. The van der Waals surface area contributed by atoms with E-state index >= 15 is 0 Å². The summed E-state index contributed by atoms with van der Waals surface area (Å²) < 4.78 is 44.4. The summed E-state index contributed by atoms with van der Waals surface area (Å²) in [6, 6.07) is 12.9. The lowest BCUT2D eigenvalue weighted by Gasteiger charge is -2.15. The van der Waals surface area contributed by atoms with Crippen LogP contribution in [0.25, 0.3) is 10.8 Å². The van der Waals surface area contributed by atoms with Crippen molar-refractivity contribution in [3.05, 3.63) is 106 Å². The Bertz CT molecular complexity index is 1640. The van der Waals surface area contributed by atoms with Crippen LogP contribution in [-0.2, 0) is 25.8 Å². The molecule has 11 heteroatoms. The number of benzene rings is 2. The van der Waals surface area contributed by atoms with E-state index in [0.717, 1.165) is 49.5 Å². The van der Waals surface area contributed by atoms with E-state index < -0.39 is 23.3 Å². The van der Waals surface area contributed by atoms with Gasteiger partial charge in [0.15, 0.2) is 5.69 Å². The molecule has 39 heavy (non-hydrogen) atoms. The lowest BCUT2D eigenvalue weighted by Crippen LogP contribution is -2.26. The maximum atomic E-state index is 13.8. The quantitative estimate of drug-likeness (QED) is 0.311. The van der Waals surface area contributed by atoms with Gasteiger partial charge in [-0.25, -0.2) is 4.98 Å². The Morgan fingerprint density at radius 1 is 1.00 bits per heavy atom. The first-order valence-corrected chi connectivity index (χ1v) is 12.2. The number of aryl methyl sites for hydroxylation is 2. The molecule has 0 radical (unpaired) electrons. The fourth-order valence-corrected chi connectivity index (χ4v) is 4.66. The predicted molar refractivity (Wildman–Crippen MR) is 141 cm³/mol. The molecule has 0 unspecified atom stereocenters. The van der Waals surface area contributed by atoms with E-state index in [1.54, 1.807) is 17.1 Å². The first kappa shape index (κ1) is 26.0. The molecule has 1 amide bonds. The molecule has 8 nitrogen and oxygen atoms in total. The number of halogens is 3. The normalized spacial score (nSPS) is 11.7. The van der Waals surface area contributed by atoms with E-state index in [2.05, 4.69) is 20.5 Å². The summed E-state index contributed by atoms with van der Waals surface area (Å²) in [4.78, 5) is 17.1. The van der Waals surface area contributed by atoms with E-state index in [1.807, 2.05) is 62.5 Å². The number of nitrogens with one attached hydrogen (secondary N) is 1. The van der Waals surface area contributed by atoms with Crippen molar-refractivity contribution < 1.29 is 18.0 Å². The van der Waals surface area contributed by atoms with Gasteiger partial charge in [-0.1, -0.05) is 24.3 Å². The molecular formula is C28H26F3N7O. The molecule has 0 aliphatic carbocycles. The van der Waals surface area contributed by atoms with Crippen LogP contribution >= 0.6 is 0 Å². The Morgan fingerprint density at radius 3 is 2.33 bits per heavy atom. The molecule has 0 aliphatic rings. The number of nitrogens with two attached hydrogens (primary N) is 1. The molecule has 0 saturated heterocycles. The largest absolute Gasteiger partial charge is 0.435 e. The van der Waals surface area contributed by atoms with Crippen molar-refractivity contribution in [2.24, 2.45) is 0 Å². The molecule has 3 aromatic heterocycles. The van der Waals surface area contributed by atoms with E-state index in [4.69, 9.17) is 5.73 Å². The summed E-state index contributed by atoms with van der Waals surface area (Å²) in [5.41, 5.74) is 8.52. The number of nitrogens with zero attached hydrogens (tertiary/aromatic N) is 5. The first-order chi connectivity index (χ1) is 18.6. The van der Waals surface area contributed by atoms with Crippen molar-refractivity contribution in [3.63, 3.8) is 0 Å². The number of fused-ring (bicyclic) bond motifs is 1. The van der Waals surface area contributed by atoms with Crippen molar-refractivity contribution >= 4 is 22.5 Å². The second-order valence-corrected chi connectivity index (χ2v) is 9.38. The van der Waals surface area contributed by atoms with Crippen LogP contribution in [0.5, 0.6) is 0 Å². The average molecular weight is 534 g/mol. The third kappa shape index (κ3) is 5.47. The topological polar surface area (TPSA) is 104 Å². The number of rotatable bonds is 7. The highest BCUT2D eigenvalue weighted by atomic mass is 19.4. The van der Waals surface area contributed by atoms with E-state index in [0.29, 0.717) is 12.4 Å². The highest BCUT2D eigenvalue weighted by Gasteiger charge is 2.39. The first-order valence-electron chi connectivity index (χ1n) is 12.2. The van der Waals surface area contributed by atoms with Crippen molar-refractivity contribution in [3.8, 4) is 0 Å². The lowest BCUT2D eigenvalue weighted by atomic mass is 9.96. The molecule has 3 N–H and O–H groups in total. The number of aromatic nitrogens is 5. The number of anilines is 1. The maximum Gasteiger partial charge on any atom is 0.435 e. The molecule has 0 aliphatic heterocycles. The number of carbonyl (C=O) groups is 1. The van der Waals surface area contributed by atoms with E-state index in [9.17, 15) is 18.0 Å². The summed E-state index contributed by atoms with van der Waals surface area (Å²) in [6.07, 6.45) is 1.49. The summed E-state index contributed by atoms with van der Waals surface area (Å²) in [7, 11) is 0. The Labute approximate surface area is 222 Å². The van der Waals surface area contributed by atoms with Gasteiger partial charge in [-0.05, 0) is 65.3 Å². The Kier molecular flexibility index (Phi) is 6.81. The summed E-state index contributed by atoms with van der Waals surface area (Å²) >= 11 is 0. The van der Waals surface area contributed by atoms with Gasteiger partial charge in [0.05, 0.1) is 18.7 Å². The van der Waals surface area contributed by atoms with Crippen LogP contribution in [0.15, 0.2) is 67.3 Å². The molecule has 0 spiro atoms. The predicted octanol–water partition coefficient (Wildman–Crippen LogP) is 4.87. The van der Waals surface area contributed by atoms with Crippen molar-refractivity contribution in [2.45, 2.75) is 39.7 Å². The number of alkyl halides is 3. The fourth-order valence-electron chi connectivity index (χ4n) is 4.66. The van der Waals surface area contributed by atoms with Crippen molar-refractivity contribution in [1.82, 2.24) is 29.9 Å². The number of pyridine rings is 1. The van der Waals surface area contributed by atoms with Gasteiger partial charge in [-0.2, -0.15) is 23.4 Å². The van der Waals surface area contributed by atoms with Gasteiger partial charge >= 0.3 is 6.18 Å². The van der Waals surface area contributed by atoms with Crippen LogP contribution < -0.4 is 11.1 Å². The number of hydrogen-bond donors (Lipinski definition) is 2. The van der Waals surface area contributed by atoms with E-state index in [-0.39, 0.29) is 13.1 Å². The van der Waals surface area contributed by atoms with Gasteiger partial charge in [-0.3, -0.25) is 14.2 Å². The Balaban J connectivity index is 1.34. The highest BCUT2D eigenvalue weighted by molar-refractivity contribution is 5.96. The van der Waals surface area contributed by atoms with Gasteiger partial charge in [0.2, 0.25) is 0 Å². The zero-order chi connectivity index (χ0) is 27.7. The van der Waals surface area contributed by atoms with Gasteiger partial charge < -0.3 is 11.1 Å². The summed E-state index contributed by atoms with van der Waals surface area (Å²) in [5, 5.41) is 12.2. The third-order valence-electron chi connectivity index (χ3n) is 6.69. The van der Waals surface area contributed by atoms with E-state index in [1.165, 1.54) is 0 Å². The second kappa shape index (κ2) is 10.2. The minimum atomic E-state index is -4.79. The molecule has 2 aromatic carbocycles. The smallest absolute Gasteiger partial charge is 0.383 e. The summed E-state index contributed by atoms with van der Waals surface area (Å²) in [6.45, 7) is 4.46. The van der Waals surface area contributed by atoms with Crippen LogP contribution in [0.2, 0.25) is 0 Å². The number of nitrogen functional groups attached to an aromatic ring is 1. The Hall–Kier alpha value is -4.67. The van der Waals surface area contributed by atoms with Gasteiger partial charge in [0.25, 0.3) is 5.91 Å². The lowest BCUT2D eigenvalue weighted by molar-refractivity contribution is -0.141. The monoisotopic (exact) mass is 533 g/mol.